The molecule has 1 aromatic heterocycles. The van der Waals surface area contributed by atoms with Crippen molar-refractivity contribution in [3.05, 3.63) is 16.8 Å². The molecular formula is C38H60N6O7S2. The fourth-order valence-corrected chi connectivity index (χ4v) is 11.6. The first-order valence-corrected chi connectivity index (χ1v) is 21.3. The number of nitrogens with zero attached hydrogens (tertiary/aromatic N) is 2. The number of nitrogens with two attached hydrogens (primary N) is 1. The lowest BCUT2D eigenvalue weighted by Gasteiger charge is -2.38. The first kappa shape index (κ1) is 41.1. The van der Waals surface area contributed by atoms with Crippen molar-refractivity contribution in [1.82, 2.24) is 25.2 Å². The molecule has 3 aliphatic carbocycles. The summed E-state index contributed by atoms with van der Waals surface area (Å²) < 4.78 is 27.7. The van der Waals surface area contributed by atoms with Crippen molar-refractivity contribution in [3.8, 4) is 0 Å². The van der Waals surface area contributed by atoms with E-state index in [9.17, 15) is 32.4 Å². The van der Waals surface area contributed by atoms with Gasteiger partial charge in [0.1, 0.15) is 12.1 Å². The number of urea groups is 1. The molecule has 13 nitrogen and oxygen atoms in total. The molecule has 15 heteroatoms. The van der Waals surface area contributed by atoms with Crippen molar-refractivity contribution < 1.29 is 32.4 Å². The number of carbonyl (C=O) groups is 5. The van der Waals surface area contributed by atoms with Gasteiger partial charge in [0.15, 0.2) is 0 Å². The Hall–Kier alpha value is -3.04. The fraction of sp³-hybridized carbons (Fsp3) is 0.763. The van der Waals surface area contributed by atoms with Crippen molar-refractivity contribution in [2.24, 2.45) is 38.7 Å². The molecule has 5 amide bonds. The number of hydrogen-bond donors (Lipinski definition) is 4. The molecule has 1 aromatic rings. The number of nitrogens with one attached hydrogen (secondary N) is 3. The van der Waals surface area contributed by atoms with Crippen molar-refractivity contribution in [3.63, 3.8) is 0 Å². The molecule has 5 atom stereocenters. The van der Waals surface area contributed by atoms with E-state index in [4.69, 9.17) is 5.73 Å². The van der Waals surface area contributed by atoms with Crippen LogP contribution in [0.25, 0.3) is 0 Å². The van der Waals surface area contributed by atoms with Gasteiger partial charge < -0.3 is 26.6 Å². The number of ketones is 1. The van der Waals surface area contributed by atoms with Gasteiger partial charge in [0.05, 0.1) is 10.9 Å². The third-order valence-electron chi connectivity index (χ3n) is 13.4. The van der Waals surface area contributed by atoms with Crippen LogP contribution in [0.1, 0.15) is 107 Å². The summed E-state index contributed by atoms with van der Waals surface area (Å²) in [6, 6.07) is -2.77. The molecule has 1 aliphatic heterocycles. The van der Waals surface area contributed by atoms with Crippen LogP contribution in [0, 0.1) is 33.0 Å². The number of carbonyl (C=O) groups excluding carboxylic acids is 5. The van der Waals surface area contributed by atoms with Gasteiger partial charge in [-0.3, -0.25) is 19.2 Å². The minimum absolute atomic E-state index is 0.000711. The van der Waals surface area contributed by atoms with E-state index in [2.05, 4.69) is 29.8 Å². The standard InChI is InChI=1S/C38H60N6O7S2/c1-34(2,3)27(20-43(9)53(50,51)24-14-17-52-21-24)41-33(49)42-29(35(4,5)6)32(48)44-22-38(36(7,8)37(38)15-11-16-37)19-26(44)31(47)40-25(28(45)30(39)46)18-23-12-10-13-23/h14,17,21,23,25-27,29H,10-13,15-16,18-20,22H2,1-9H3,(H2,39,46)(H,40,47)(H2,41,42,49)/t25?,26-,27+,29?,38?/m0/s1. The summed E-state index contributed by atoms with van der Waals surface area (Å²) in [6.07, 6.45) is 6.67. The number of amides is 5. The molecule has 296 valence electrons. The maximum Gasteiger partial charge on any atom is 0.315 e. The van der Waals surface area contributed by atoms with E-state index in [-0.39, 0.29) is 33.6 Å². The highest BCUT2D eigenvalue weighted by atomic mass is 32.2. The fourth-order valence-electron chi connectivity index (χ4n) is 9.41. The largest absolute Gasteiger partial charge is 0.363 e. The van der Waals surface area contributed by atoms with Gasteiger partial charge in [-0.15, -0.1) is 0 Å². The molecule has 4 aliphatic rings. The molecule has 2 heterocycles. The third-order valence-corrected chi connectivity index (χ3v) is 16.1. The van der Waals surface area contributed by atoms with Gasteiger partial charge in [0.2, 0.25) is 27.6 Å². The van der Waals surface area contributed by atoms with Crippen molar-refractivity contribution >= 4 is 50.9 Å². The number of fused-ring (bicyclic) bond motifs is 1. The molecular weight excluding hydrogens is 717 g/mol. The molecule has 5 rings (SSSR count). The Balaban J connectivity index is 1.39. The van der Waals surface area contributed by atoms with E-state index in [0.717, 1.165) is 38.5 Å². The van der Waals surface area contributed by atoms with Gasteiger partial charge in [-0.1, -0.05) is 81.1 Å². The molecule has 0 aromatic carbocycles. The second-order valence-electron chi connectivity index (χ2n) is 18.7. The van der Waals surface area contributed by atoms with Gasteiger partial charge in [-0.2, -0.15) is 15.6 Å². The van der Waals surface area contributed by atoms with Crippen molar-refractivity contribution in [2.75, 3.05) is 20.1 Å². The zero-order valence-corrected chi connectivity index (χ0v) is 34.5. The lowest BCUT2D eigenvalue weighted by atomic mass is 9.73. The average Bonchev–Trinajstić information content (AvgIpc) is 3.50. The first-order valence-electron chi connectivity index (χ1n) is 18.9. The van der Waals surface area contributed by atoms with E-state index < -0.39 is 74.6 Å². The summed E-state index contributed by atoms with van der Waals surface area (Å²) in [4.78, 5) is 69.7. The molecule has 5 N–H and O–H groups in total. The number of hydrogen-bond acceptors (Lipinski definition) is 8. The summed E-state index contributed by atoms with van der Waals surface area (Å²) in [5.41, 5.74) is 3.62. The SMILES string of the molecule is CN(C[C@@H](NC(=O)NC(C(=O)N1CC2(C[C@H]1C(=O)NC(CC1CCC1)C(=O)C(N)=O)C(C)(C)C21CCC1)C(C)(C)C)C(C)(C)C)S(=O)(=O)c1ccsc1. The molecule has 4 fully saturated rings. The van der Waals surface area contributed by atoms with E-state index in [1.54, 1.807) is 15.7 Å². The molecule has 2 spiro atoms. The normalized spacial score (nSPS) is 25.2. The second-order valence-corrected chi connectivity index (χ2v) is 21.6. The number of rotatable bonds is 13. The first-order chi connectivity index (χ1) is 24.4. The van der Waals surface area contributed by atoms with Crippen LogP contribution in [0.5, 0.6) is 0 Å². The monoisotopic (exact) mass is 776 g/mol. The maximum atomic E-state index is 14.8. The second kappa shape index (κ2) is 14.2. The van der Waals surface area contributed by atoms with Crippen LogP contribution in [0.15, 0.2) is 21.7 Å². The number of sulfonamides is 1. The summed E-state index contributed by atoms with van der Waals surface area (Å²) in [5, 5.41) is 12.0. The predicted molar refractivity (Wildman–Crippen MR) is 203 cm³/mol. The average molecular weight is 777 g/mol. The molecule has 1 saturated heterocycles. The Labute approximate surface area is 319 Å². The highest BCUT2D eigenvalue weighted by Crippen LogP contribution is 2.88. The molecule has 3 saturated carbocycles. The Bertz CT molecular complexity index is 1710. The molecule has 0 bridgehead atoms. The van der Waals surface area contributed by atoms with E-state index >= 15 is 0 Å². The van der Waals surface area contributed by atoms with Crippen LogP contribution in [0.3, 0.4) is 0 Å². The summed E-state index contributed by atoms with van der Waals surface area (Å²) in [6.45, 7) is 16.0. The third kappa shape index (κ3) is 7.38. The van der Waals surface area contributed by atoms with Crippen LogP contribution in [0.4, 0.5) is 4.79 Å². The Morgan fingerprint density at radius 2 is 1.62 bits per heavy atom. The van der Waals surface area contributed by atoms with Gasteiger partial charge in [0.25, 0.3) is 5.91 Å². The quantitative estimate of drug-likeness (QED) is 0.218. The van der Waals surface area contributed by atoms with Crippen LogP contribution >= 0.6 is 11.3 Å². The molecule has 0 radical (unpaired) electrons. The van der Waals surface area contributed by atoms with Crippen molar-refractivity contribution in [2.45, 2.75) is 136 Å². The van der Waals surface area contributed by atoms with Gasteiger partial charge in [-0.05, 0) is 64.7 Å². The predicted octanol–water partition coefficient (Wildman–Crippen LogP) is 4.02. The van der Waals surface area contributed by atoms with Gasteiger partial charge >= 0.3 is 6.03 Å². The molecule has 53 heavy (non-hydrogen) atoms. The van der Waals surface area contributed by atoms with E-state index in [1.807, 2.05) is 41.5 Å². The van der Waals surface area contributed by atoms with Crippen LogP contribution in [-0.4, -0.2) is 91.5 Å². The number of Topliss-reactive ketones (excluding diaryl/α,β-unsaturated/α-hetero) is 1. The van der Waals surface area contributed by atoms with Crippen molar-refractivity contribution in [1.29, 1.82) is 0 Å². The van der Waals surface area contributed by atoms with Crippen LogP contribution in [0.2, 0.25) is 0 Å². The zero-order chi connectivity index (χ0) is 39.5. The number of primary amides is 1. The van der Waals surface area contributed by atoms with Crippen LogP contribution in [-0.2, 0) is 29.2 Å². The Morgan fingerprint density at radius 1 is 0.981 bits per heavy atom. The minimum atomic E-state index is -3.79. The maximum absolute atomic E-state index is 14.8. The van der Waals surface area contributed by atoms with Gasteiger partial charge in [0, 0.05) is 37.0 Å². The highest BCUT2D eigenvalue weighted by Gasteiger charge is 2.85. The smallest absolute Gasteiger partial charge is 0.315 e. The topological polar surface area (TPSA) is 188 Å². The Kier molecular flexibility index (Phi) is 11.0. The lowest BCUT2D eigenvalue weighted by Crippen LogP contribution is -2.62. The van der Waals surface area contributed by atoms with E-state index in [1.165, 1.54) is 28.8 Å². The summed E-state index contributed by atoms with van der Waals surface area (Å²) in [5.74, 6) is -2.65. The number of thiophene rings is 1. The molecule has 3 unspecified atom stereocenters. The summed E-state index contributed by atoms with van der Waals surface area (Å²) in [7, 11) is -2.32. The number of likely N-dealkylation sites (tertiary alicyclic amines) is 1. The zero-order valence-electron chi connectivity index (χ0n) is 32.8. The highest BCUT2D eigenvalue weighted by molar-refractivity contribution is 7.89. The Morgan fingerprint density at radius 3 is 2.08 bits per heavy atom. The number of likely N-dealkylation sites (N-methyl/N-ethyl adjacent to an activating group) is 1. The van der Waals surface area contributed by atoms with Crippen LogP contribution < -0.4 is 21.7 Å². The van der Waals surface area contributed by atoms with E-state index in [0.29, 0.717) is 19.4 Å². The summed E-state index contributed by atoms with van der Waals surface area (Å²) >= 11 is 1.28. The minimum Gasteiger partial charge on any atom is -0.363 e. The van der Waals surface area contributed by atoms with Gasteiger partial charge in [-0.25, -0.2) is 13.2 Å². The lowest BCUT2D eigenvalue weighted by molar-refractivity contribution is -0.143.